The van der Waals surface area contributed by atoms with E-state index in [1.54, 1.807) is 0 Å². The van der Waals surface area contributed by atoms with E-state index in [-0.39, 0.29) is 0 Å². The molecule has 4 aromatic rings. The molecule has 0 radical (unpaired) electrons. The summed E-state index contributed by atoms with van der Waals surface area (Å²) in [6, 6.07) is 24.2. The summed E-state index contributed by atoms with van der Waals surface area (Å²) in [5.74, 6) is 0.867. The summed E-state index contributed by atoms with van der Waals surface area (Å²) in [6.07, 6.45) is 4.09. The number of fused-ring (bicyclic) bond motifs is 1. The largest absolute Gasteiger partial charge is 0.320 e. The van der Waals surface area contributed by atoms with Crippen molar-refractivity contribution in [2.24, 2.45) is 0 Å². The van der Waals surface area contributed by atoms with E-state index in [1.807, 2.05) is 54.6 Å². The van der Waals surface area contributed by atoms with Crippen LogP contribution in [0.2, 0.25) is 10.0 Å². The van der Waals surface area contributed by atoms with E-state index in [1.165, 1.54) is 5.56 Å². The van der Waals surface area contributed by atoms with Crippen LogP contribution in [0.5, 0.6) is 0 Å². The van der Waals surface area contributed by atoms with Crippen molar-refractivity contribution >= 4 is 46.4 Å². The Morgan fingerprint density at radius 2 is 1.46 bits per heavy atom. The molecule has 2 nitrogen and oxygen atoms in total. The van der Waals surface area contributed by atoms with Crippen LogP contribution in [0.1, 0.15) is 17.0 Å². The summed E-state index contributed by atoms with van der Waals surface area (Å²) in [4.78, 5) is 4.76. The van der Waals surface area contributed by atoms with E-state index in [2.05, 4.69) is 34.9 Å². The molecule has 0 bridgehead atoms. The molecule has 0 saturated carbocycles. The fourth-order valence-electron chi connectivity index (χ4n) is 2.93. The Labute approximate surface area is 162 Å². The van der Waals surface area contributed by atoms with Crippen LogP contribution in [0, 0.1) is 0 Å². The molecule has 0 N–H and O–H groups in total. The number of rotatable bonds is 4. The zero-order valence-electron chi connectivity index (χ0n) is 13.9. The third-order valence-corrected chi connectivity index (χ3v) is 4.95. The van der Waals surface area contributed by atoms with Gasteiger partial charge in [-0.15, -0.1) is 0 Å². The van der Waals surface area contributed by atoms with Gasteiger partial charge in [-0.25, -0.2) is 4.98 Å². The predicted molar refractivity (Wildman–Crippen MR) is 111 cm³/mol. The average molecular weight is 379 g/mol. The second kappa shape index (κ2) is 7.36. The van der Waals surface area contributed by atoms with Crippen molar-refractivity contribution in [3.05, 3.63) is 99.8 Å². The minimum atomic E-state index is 0.516. The van der Waals surface area contributed by atoms with Crippen LogP contribution in [-0.4, -0.2) is 9.55 Å². The van der Waals surface area contributed by atoms with Gasteiger partial charge in [-0.3, -0.25) is 0 Å². The molecule has 0 saturated heterocycles. The molecular formula is C22H16Cl2N2. The van der Waals surface area contributed by atoms with Gasteiger partial charge in [0.1, 0.15) is 5.82 Å². The van der Waals surface area contributed by atoms with E-state index in [9.17, 15) is 0 Å². The fourth-order valence-corrected chi connectivity index (χ4v) is 3.25. The van der Waals surface area contributed by atoms with Gasteiger partial charge in [0.2, 0.25) is 0 Å². The van der Waals surface area contributed by atoms with Crippen LogP contribution in [0.25, 0.3) is 23.2 Å². The van der Waals surface area contributed by atoms with E-state index >= 15 is 0 Å². The third kappa shape index (κ3) is 3.52. The van der Waals surface area contributed by atoms with Crippen molar-refractivity contribution in [1.82, 2.24) is 9.55 Å². The van der Waals surface area contributed by atoms with Gasteiger partial charge in [-0.1, -0.05) is 89.9 Å². The quantitative estimate of drug-likeness (QED) is 0.393. The third-order valence-electron chi connectivity index (χ3n) is 4.23. The number of imidazole rings is 1. The van der Waals surface area contributed by atoms with E-state index in [0.29, 0.717) is 16.6 Å². The maximum Gasteiger partial charge on any atom is 0.134 e. The van der Waals surface area contributed by atoms with Crippen LogP contribution >= 0.6 is 23.2 Å². The van der Waals surface area contributed by atoms with E-state index in [0.717, 1.165) is 22.4 Å². The number of halogens is 2. The molecule has 26 heavy (non-hydrogen) atoms. The Bertz CT molecular complexity index is 1070. The van der Waals surface area contributed by atoms with Gasteiger partial charge in [0.25, 0.3) is 0 Å². The van der Waals surface area contributed by atoms with Gasteiger partial charge < -0.3 is 4.57 Å². The first kappa shape index (κ1) is 16.9. The molecule has 4 heteroatoms. The molecule has 1 aromatic heterocycles. The van der Waals surface area contributed by atoms with E-state index in [4.69, 9.17) is 28.2 Å². The normalized spacial score (nSPS) is 11.5. The van der Waals surface area contributed by atoms with Crippen LogP contribution in [-0.2, 0) is 6.54 Å². The molecule has 128 valence electrons. The van der Waals surface area contributed by atoms with Gasteiger partial charge in [0.15, 0.2) is 0 Å². The maximum atomic E-state index is 6.25. The lowest BCUT2D eigenvalue weighted by molar-refractivity contribution is 0.814. The van der Waals surface area contributed by atoms with Crippen LogP contribution in [0.3, 0.4) is 0 Å². The maximum absolute atomic E-state index is 6.25. The molecule has 0 aliphatic heterocycles. The molecule has 4 rings (SSSR count). The summed E-state index contributed by atoms with van der Waals surface area (Å²) >= 11 is 12.4. The minimum absolute atomic E-state index is 0.516. The molecule has 0 fully saturated rings. The number of hydrogen-bond acceptors (Lipinski definition) is 1. The summed E-state index contributed by atoms with van der Waals surface area (Å²) in [6.45, 7) is 0.712. The van der Waals surface area contributed by atoms with E-state index < -0.39 is 0 Å². The highest BCUT2D eigenvalue weighted by atomic mass is 35.5. The monoisotopic (exact) mass is 378 g/mol. The molecule has 0 aliphatic rings. The van der Waals surface area contributed by atoms with Crippen molar-refractivity contribution in [2.45, 2.75) is 6.54 Å². The SMILES string of the molecule is Clc1cc2nc(C=Cc3ccccc3)n(Cc3ccccc3)c2cc1Cl. The molecule has 0 atom stereocenters. The predicted octanol–water partition coefficient (Wildman–Crippen LogP) is 6.56. The van der Waals surface area contributed by atoms with Gasteiger partial charge in [-0.05, 0) is 29.3 Å². The number of hydrogen-bond donors (Lipinski definition) is 0. The smallest absolute Gasteiger partial charge is 0.134 e. The lowest BCUT2D eigenvalue weighted by Crippen LogP contribution is -2.02. The minimum Gasteiger partial charge on any atom is -0.320 e. The van der Waals surface area contributed by atoms with Gasteiger partial charge in [0, 0.05) is 6.54 Å². The molecule has 0 amide bonds. The highest BCUT2D eigenvalue weighted by Gasteiger charge is 2.12. The lowest BCUT2D eigenvalue weighted by Gasteiger charge is -2.08. The highest BCUT2D eigenvalue weighted by Crippen LogP contribution is 2.29. The number of aromatic nitrogens is 2. The van der Waals surface area contributed by atoms with Crippen molar-refractivity contribution in [2.75, 3.05) is 0 Å². The Morgan fingerprint density at radius 3 is 2.19 bits per heavy atom. The Hall–Kier alpha value is -2.55. The zero-order valence-corrected chi connectivity index (χ0v) is 15.5. The Balaban J connectivity index is 1.82. The second-order valence-electron chi connectivity index (χ2n) is 6.04. The molecule has 0 aliphatic carbocycles. The Kier molecular flexibility index (Phi) is 4.79. The van der Waals surface area contributed by atoms with Crippen molar-refractivity contribution in [1.29, 1.82) is 0 Å². The molecule has 3 aromatic carbocycles. The molecule has 0 spiro atoms. The average Bonchev–Trinajstić information content (AvgIpc) is 2.99. The topological polar surface area (TPSA) is 17.8 Å². The van der Waals surface area contributed by atoms with Crippen molar-refractivity contribution < 1.29 is 0 Å². The first-order valence-electron chi connectivity index (χ1n) is 8.33. The van der Waals surface area contributed by atoms with Gasteiger partial charge in [0.05, 0.1) is 21.1 Å². The summed E-state index contributed by atoms with van der Waals surface area (Å²) in [5.41, 5.74) is 4.13. The Morgan fingerprint density at radius 1 is 0.808 bits per heavy atom. The summed E-state index contributed by atoms with van der Waals surface area (Å²) in [7, 11) is 0. The molecule has 1 heterocycles. The molecular weight excluding hydrogens is 363 g/mol. The fraction of sp³-hybridized carbons (Fsp3) is 0.0455. The summed E-state index contributed by atoms with van der Waals surface area (Å²) < 4.78 is 2.16. The van der Waals surface area contributed by atoms with Crippen LogP contribution in [0.4, 0.5) is 0 Å². The van der Waals surface area contributed by atoms with Gasteiger partial charge in [-0.2, -0.15) is 0 Å². The molecule has 0 unspecified atom stereocenters. The first-order valence-corrected chi connectivity index (χ1v) is 9.08. The van der Waals surface area contributed by atoms with Crippen LogP contribution in [0.15, 0.2) is 72.8 Å². The van der Waals surface area contributed by atoms with Crippen LogP contribution < -0.4 is 0 Å². The van der Waals surface area contributed by atoms with Crippen molar-refractivity contribution in [3.8, 4) is 0 Å². The van der Waals surface area contributed by atoms with Crippen molar-refractivity contribution in [3.63, 3.8) is 0 Å². The zero-order chi connectivity index (χ0) is 17.9. The second-order valence-corrected chi connectivity index (χ2v) is 6.86. The standard InChI is InChI=1S/C22H16Cl2N2/c23-18-13-20-21(14-19(18)24)26(15-17-9-5-2-6-10-17)22(25-20)12-11-16-7-3-1-4-8-16/h1-14H,15H2. The summed E-state index contributed by atoms with van der Waals surface area (Å²) in [5, 5.41) is 1.05. The number of benzene rings is 3. The highest BCUT2D eigenvalue weighted by molar-refractivity contribution is 6.42. The number of nitrogens with zero attached hydrogens (tertiary/aromatic N) is 2. The first-order chi connectivity index (χ1) is 12.7. The van der Waals surface area contributed by atoms with Gasteiger partial charge >= 0.3 is 0 Å². The lowest BCUT2D eigenvalue weighted by atomic mass is 10.2.